The van der Waals surface area contributed by atoms with E-state index in [-0.39, 0.29) is 0 Å². The van der Waals surface area contributed by atoms with Crippen LogP contribution in [0.15, 0.2) is 24.4 Å². The molecule has 1 fully saturated rings. The number of hydrogen-bond donors (Lipinski definition) is 1. The van der Waals surface area contributed by atoms with E-state index in [1.165, 1.54) is 5.69 Å². The van der Waals surface area contributed by atoms with E-state index in [0.29, 0.717) is 6.04 Å². The summed E-state index contributed by atoms with van der Waals surface area (Å²) in [5.74, 6) is 0. The van der Waals surface area contributed by atoms with Crippen LogP contribution in [0.1, 0.15) is 12.6 Å². The first-order valence-electron chi connectivity index (χ1n) is 5.20. The summed E-state index contributed by atoms with van der Waals surface area (Å²) in [6.45, 7) is 6.54. The number of nitrogens with one attached hydrogen (secondary N) is 1. The second-order valence-electron chi connectivity index (χ2n) is 3.91. The highest BCUT2D eigenvalue weighted by Gasteiger charge is 2.15. The first-order chi connectivity index (χ1) is 6.84. The fraction of sp³-hybridized carbons (Fsp3) is 0.545. The third-order valence-corrected chi connectivity index (χ3v) is 2.56. The van der Waals surface area contributed by atoms with Crippen molar-refractivity contribution in [2.75, 3.05) is 19.6 Å². The van der Waals surface area contributed by atoms with Crippen LogP contribution >= 0.6 is 0 Å². The second-order valence-corrected chi connectivity index (χ2v) is 3.91. The van der Waals surface area contributed by atoms with E-state index in [9.17, 15) is 0 Å². The predicted octanol–water partition coefficient (Wildman–Crippen LogP) is 0.875. The molecule has 1 aromatic heterocycles. The van der Waals surface area contributed by atoms with Gasteiger partial charge in [0.2, 0.25) is 0 Å². The number of aromatic nitrogens is 1. The van der Waals surface area contributed by atoms with Crippen molar-refractivity contribution in [1.29, 1.82) is 0 Å². The first-order valence-corrected chi connectivity index (χ1v) is 5.20. The highest BCUT2D eigenvalue weighted by atomic mass is 15.2. The fourth-order valence-electron chi connectivity index (χ4n) is 1.88. The number of pyridine rings is 1. The number of hydrogen-bond acceptors (Lipinski definition) is 3. The van der Waals surface area contributed by atoms with Crippen LogP contribution in [-0.2, 0) is 6.54 Å². The van der Waals surface area contributed by atoms with Crippen LogP contribution in [0.25, 0.3) is 0 Å². The summed E-state index contributed by atoms with van der Waals surface area (Å²) >= 11 is 0. The van der Waals surface area contributed by atoms with Crippen LogP contribution in [0.2, 0.25) is 0 Å². The van der Waals surface area contributed by atoms with E-state index >= 15 is 0 Å². The maximum Gasteiger partial charge on any atom is 0.0543 e. The van der Waals surface area contributed by atoms with Gasteiger partial charge in [0.25, 0.3) is 0 Å². The summed E-state index contributed by atoms with van der Waals surface area (Å²) in [7, 11) is 0. The van der Waals surface area contributed by atoms with Gasteiger partial charge in [-0.3, -0.25) is 9.88 Å². The van der Waals surface area contributed by atoms with E-state index in [2.05, 4.69) is 28.2 Å². The summed E-state index contributed by atoms with van der Waals surface area (Å²) in [6.07, 6.45) is 1.86. The molecule has 0 spiro atoms. The predicted molar refractivity (Wildman–Crippen MR) is 57.0 cm³/mol. The highest BCUT2D eigenvalue weighted by Crippen LogP contribution is 2.04. The molecule has 3 heteroatoms. The topological polar surface area (TPSA) is 28.2 Å². The summed E-state index contributed by atoms with van der Waals surface area (Å²) in [5, 5.41) is 3.44. The summed E-state index contributed by atoms with van der Waals surface area (Å²) in [4.78, 5) is 6.78. The van der Waals surface area contributed by atoms with Crippen molar-refractivity contribution in [1.82, 2.24) is 15.2 Å². The Bertz CT molecular complexity index is 273. The lowest BCUT2D eigenvalue weighted by Crippen LogP contribution is -2.48. The molecule has 3 nitrogen and oxygen atoms in total. The number of rotatable bonds is 2. The molecule has 0 bridgehead atoms. The molecule has 0 radical (unpaired) electrons. The van der Waals surface area contributed by atoms with Gasteiger partial charge in [0, 0.05) is 38.4 Å². The molecule has 76 valence electrons. The maximum absolute atomic E-state index is 4.34. The Balaban J connectivity index is 1.91. The molecule has 1 saturated heterocycles. The molecule has 0 aliphatic carbocycles. The van der Waals surface area contributed by atoms with E-state index in [0.717, 1.165) is 26.2 Å². The molecule has 2 rings (SSSR count). The highest BCUT2D eigenvalue weighted by molar-refractivity contribution is 5.03. The molecular formula is C11H17N3. The Labute approximate surface area is 85.1 Å². The average molecular weight is 191 g/mol. The monoisotopic (exact) mass is 191 g/mol. The minimum atomic E-state index is 0.604. The third kappa shape index (κ3) is 2.53. The Kier molecular flexibility index (Phi) is 3.11. The lowest BCUT2D eigenvalue weighted by Gasteiger charge is -2.31. The smallest absolute Gasteiger partial charge is 0.0543 e. The molecule has 14 heavy (non-hydrogen) atoms. The first kappa shape index (κ1) is 9.62. The van der Waals surface area contributed by atoms with Crippen molar-refractivity contribution in [2.45, 2.75) is 19.5 Å². The van der Waals surface area contributed by atoms with Crippen LogP contribution in [0.3, 0.4) is 0 Å². The molecule has 0 saturated carbocycles. The normalized spacial score (nSPS) is 23.6. The third-order valence-electron chi connectivity index (χ3n) is 2.56. The molecule has 1 unspecified atom stereocenters. The van der Waals surface area contributed by atoms with Crippen LogP contribution < -0.4 is 5.32 Å². The maximum atomic E-state index is 4.34. The van der Waals surface area contributed by atoms with Gasteiger partial charge in [-0.2, -0.15) is 0 Å². The summed E-state index contributed by atoms with van der Waals surface area (Å²) in [5.41, 5.74) is 1.17. The largest absolute Gasteiger partial charge is 0.312 e. The standard InChI is InChI=1S/C11H17N3/c1-10-8-14(7-6-12-10)9-11-4-2-3-5-13-11/h2-5,10,12H,6-9H2,1H3. The van der Waals surface area contributed by atoms with Crippen LogP contribution in [-0.4, -0.2) is 35.6 Å². The van der Waals surface area contributed by atoms with Crippen LogP contribution in [0.5, 0.6) is 0 Å². The molecule has 1 aliphatic heterocycles. The summed E-state index contributed by atoms with van der Waals surface area (Å²) in [6, 6.07) is 6.71. The molecule has 1 aromatic rings. The zero-order valence-corrected chi connectivity index (χ0v) is 8.61. The van der Waals surface area contributed by atoms with Crippen molar-refractivity contribution in [3.63, 3.8) is 0 Å². The van der Waals surface area contributed by atoms with Crippen LogP contribution in [0, 0.1) is 0 Å². The lowest BCUT2D eigenvalue weighted by molar-refractivity contribution is 0.197. The van der Waals surface area contributed by atoms with Gasteiger partial charge < -0.3 is 5.32 Å². The van der Waals surface area contributed by atoms with Crippen molar-refractivity contribution in [2.24, 2.45) is 0 Å². The fourth-order valence-corrected chi connectivity index (χ4v) is 1.88. The van der Waals surface area contributed by atoms with Gasteiger partial charge >= 0.3 is 0 Å². The van der Waals surface area contributed by atoms with Gasteiger partial charge in [-0.1, -0.05) is 6.07 Å². The molecule has 2 heterocycles. The molecule has 1 atom stereocenters. The van der Waals surface area contributed by atoms with Crippen LogP contribution in [0.4, 0.5) is 0 Å². The molecule has 1 N–H and O–H groups in total. The molecule has 1 aliphatic rings. The zero-order chi connectivity index (χ0) is 9.80. The van der Waals surface area contributed by atoms with E-state index in [1.54, 1.807) is 0 Å². The van der Waals surface area contributed by atoms with Gasteiger partial charge in [-0.15, -0.1) is 0 Å². The number of piperazine rings is 1. The minimum absolute atomic E-state index is 0.604. The van der Waals surface area contributed by atoms with E-state index < -0.39 is 0 Å². The Morgan fingerprint density at radius 2 is 2.50 bits per heavy atom. The van der Waals surface area contributed by atoms with Crippen molar-refractivity contribution >= 4 is 0 Å². The van der Waals surface area contributed by atoms with Gasteiger partial charge in [0.05, 0.1) is 5.69 Å². The summed E-state index contributed by atoms with van der Waals surface area (Å²) < 4.78 is 0. The van der Waals surface area contributed by atoms with Gasteiger partial charge in [-0.25, -0.2) is 0 Å². The van der Waals surface area contributed by atoms with E-state index in [1.807, 2.05) is 18.3 Å². The van der Waals surface area contributed by atoms with Crippen molar-refractivity contribution in [3.05, 3.63) is 30.1 Å². The van der Waals surface area contributed by atoms with Gasteiger partial charge in [-0.05, 0) is 19.1 Å². The van der Waals surface area contributed by atoms with E-state index in [4.69, 9.17) is 0 Å². The zero-order valence-electron chi connectivity index (χ0n) is 8.61. The lowest BCUT2D eigenvalue weighted by atomic mass is 10.2. The Morgan fingerprint density at radius 3 is 3.21 bits per heavy atom. The minimum Gasteiger partial charge on any atom is -0.312 e. The van der Waals surface area contributed by atoms with Crippen molar-refractivity contribution < 1.29 is 0 Å². The molecular weight excluding hydrogens is 174 g/mol. The quantitative estimate of drug-likeness (QED) is 0.752. The average Bonchev–Trinajstić information content (AvgIpc) is 2.19. The number of nitrogens with zero attached hydrogens (tertiary/aromatic N) is 2. The van der Waals surface area contributed by atoms with Gasteiger partial charge in [0.1, 0.15) is 0 Å². The van der Waals surface area contributed by atoms with Crippen molar-refractivity contribution in [3.8, 4) is 0 Å². The Hall–Kier alpha value is -0.930. The van der Waals surface area contributed by atoms with Gasteiger partial charge in [0.15, 0.2) is 0 Å². The Morgan fingerprint density at radius 1 is 1.57 bits per heavy atom. The molecule has 0 aromatic carbocycles. The molecule has 0 amide bonds. The SMILES string of the molecule is CC1CN(Cc2ccccn2)CCN1. The second kappa shape index (κ2) is 4.53.